The molecule has 0 bridgehead atoms. The first-order valence-electron chi connectivity index (χ1n) is 11.1. The van der Waals surface area contributed by atoms with Crippen LogP contribution in [0.1, 0.15) is 49.9 Å². The predicted octanol–water partition coefficient (Wildman–Crippen LogP) is 4.67. The maximum atomic E-state index is 14.4. The summed E-state index contributed by atoms with van der Waals surface area (Å²) in [5.74, 6) is -4.22. The highest BCUT2D eigenvalue weighted by Gasteiger charge is 2.29. The average Bonchev–Trinajstić information content (AvgIpc) is 3.08. The Morgan fingerprint density at radius 1 is 1.15 bits per heavy atom. The number of amides is 1. The fraction of sp³-hybridized carbons (Fsp3) is 0.400. The molecule has 0 radical (unpaired) electrons. The zero-order valence-corrected chi connectivity index (χ0v) is 19.1. The van der Waals surface area contributed by atoms with Crippen LogP contribution in [0.25, 0.3) is 11.0 Å². The van der Waals surface area contributed by atoms with Gasteiger partial charge in [-0.15, -0.1) is 0 Å². The van der Waals surface area contributed by atoms with Crippen molar-refractivity contribution in [1.82, 2.24) is 14.5 Å². The van der Waals surface area contributed by atoms with Gasteiger partial charge in [-0.05, 0) is 42.0 Å². The van der Waals surface area contributed by atoms with Gasteiger partial charge in [-0.2, -0.15) is 0 Å². The van der Waals surface area contributed by atoms with E-state index >= 15 is 0 Å². The van der Waals surface area contributed by atoms with Gasteiger partial charge in [0.25, 0.3) is 0 Å². The molecule has 4 rings (SSSR count). The maximum Gasteiger partial charge on any atom is 0.303 e. The van der Waals surface area contributed by atoms with Crippen LogP contribution in [0.2, 0.25) is 0 Å². The first-order chi connectivity index (χ1) is 16.1. The molecule has 0 unspecified atom stereocenters. The van der Waals surface area contributed by atoms with Crippen LogP contribution in [0.15, 0.2) is 30.5 Å². The number of aromatic nitrogens is 2. The molecule has 6 nitrogen and oxygen atoms in total. The third-order valence-electron chi connectivity index (χ3n) is 6.43. The maximum absolute atomic E-state index is 14.4. The van der Waals surface area contributed by atoms with Gasteiger partial charge >= 0.3 is 5.97 Å². The van der Waals surface area contributed by atoms with Gasteiger partial charge in [0, 0.05) is 41.9 Å². The molecule has 34 heavy (non-hydrogen) atoms. The summed E-state index contributed by atoms with van der Waals surface area (Å²) in [4.78, 5) is 30.2. The van der Waals surface area contributed by atoms with E-state index in [1.165, 1.54) is 0 Å². The zero-order valence-electron chi connectivity index (χ0n) is 19.1. The first kappa shape index (κ1) is 23.8. The summed E-state index contributed by atoms with van der Waals surface area (Å²) < 4.78 is 43.4. The number of aliphatic carboxylic acids is 1. The van der Waals surface area contributed by atoms with Crippen molar-refractivity contribution in [3.05, 3.63) is 64.7 Å². The summed E-state index contributed by atoms with van der Waals surface area (Å²) in [6, 6.07) is 5.09. The molecule has 9 heteroatoms. The molecule has 1 aliphatic heterocycles. The van der Waals surface area contributed by atoms with Crippen LogP contribution in [0.4, 0.5) is 13.2 Å². The van der Waals surface area contributed by atoms with Gasteiger partial charge < -0.3 is 14.6 Å². The lowest BCUT2D eigenvalue weighted by molar-refractivity contribution is -0.140. The molecule has 0 saturated heterocycles. The molecule has 0 spiro atoms. The molecule has 0 fully saturated rings. The number of carboxylic acids is 1. The number of rotatable bonds is 7. The molecule has 180 valence electrons. The largest absolute Gasteiger partial charge is 0.481 e. The van der Waals surface area contributed by atoms with E-state index < -0.39 is 28.8 Å². The van der Waals surface area contributed by atoms with Crippen LogP contribution in [-0.2, 0) is 29.1 Å². The Balaban J connectivity index is 1.62. The van der Waals surface area contributed by atoms with Crippen molar-refractivity contribution in [2.75, 3.05) is 6.54 Å². The van der Waals surface area contributed by atoms with Crippen LogP contribution in [0.5, 0.6) is 0 Å². The lowest BCUT2D eigenvalue weighted by Gasteiger charge is -2.30. The van der Waals surface area contributed by atoms with Crippen molar-refractivity contribution in [1.29, 1.82) is 0 Å². The standard InChI is InChI=1S/C25H26F3N3O3/c1-25(2,12-23(33)34)7-5-22(32)30-9-6-16-17-4-3-8-29-24(17)31(21(16)14-30)13-15-10-19(27)20(28)11-18(15)26/h3-4,8,10-11H,5-7,9,12-14H2,1-2H3,(H,33,34). The minimum absolute atomic E-state index is 0.0110. The average molecular weight is 473 g/mol. The molecule has 1 aromatic carbocycles. The highest BCUT2D eigenvalue weighted by Crippen LogP contribution is 2.32. The van der Waals surface area contributed by atoms with E-state index in [0.717, 1.165) is 22.7 Å². The van der Waals surface area contributed by atoms with Crippen molar-refractivity contribution >= 4 is 22.9 Å². The second-order valence-corrected chi connectivity index (χ2v) is 9.54. The van der Waals surface area contributed by atoms with Crippen molar-refractivity contribution in [3.63, 3.8) is 0 Å². The Kier molecular flexibility index (Phi) is 6.38. The highest BCUT2D eigenvalue weighted by molar-refractivity contribution is 5.84. The SMILES string of the molecule is CC(C)(CCC(=O)N1CCc2c(n(Cc3cc(F)c(F)cc3F)c3ncccc23)C1)CC(=O)O. The number of carbonyl (C=O) groups is 2. The summed E-state index contributed by atoms with van der Waals surface area (Å²) >= 11 is 0. The third kappa shape index (κ3) is 4.78. The van der Waals surface area contributed by atoms with Gasteiger partial charge in [-0.1, -0.05) is 13.8 Å². The summed E-state index contributed by atoms with van der Waals surface area (Å²) in [6.07, 6.45) is 2.82. The fourth-order valence-electron chi connectivity index (χ4n) is 4.60. The number of halogens is 3. The molecule has 0 atom stereocenters. The Bertz CT molecular complexity index is 1270. The Morgan fingerprint density at radius 3 is 2.62 bits per heavy atom. The van der Waals surface area contributed by atoms with Crippen LogP contribution < -0.4 is 0 Å². The quantitative estimate of drug-likeness (QED) is 0.506. The first-order valence-corrected chi connectivity index (χ1v) is 11.1. The van der Waals surface area contributed by atoms with Crippen LogP contribution >= 0.6 is 0 Å². The van der Waals surface area contributed by atoms with E-state index in [2.05, 4.69) is 4.98 Å². The van der Waals surface area contributed by atoms with E-state index in [4.69, 9.17) is 5.11 Å². The lowest BCUT2D eigenvalue weighted by atomic mass is 9.84. The third-order valence-corrected chi connectivity index (χ3v) is 6.43. The minimum atomic E-state index is -1.25. The highest BCUT2D eigenvalue weighted by atomic mass is 19.2. The molecule has 3 aromatic rings. The number of fused-ring (bicyclic) bond motifs is 3. The predicted molar refractivity (Wildman–Crippen MR) is 120 cm³/mol. The summed E-state index contributed by atoms with van der Waals surface area (Å²) in [6.45, 7) is 4.36. The number of nitrogens with zero attached hydrogens (tertiary/aromatic N) is 3. The Morgan fingerprint density at radius 2 is 1.88 bits per heavy atom. The van der Waals surface area contributed by atoms with Gasteiger partial charge in [0.2, 0.25) is 5.91 Å². The number of hydrogen-bond donors (Lipinski definition) is 1. The molecular formula is C25H26F3N3O3. The smallest absolute Gasteiger partial charge is 0.303 e. The van der Waals surface area contributed by atoms with Gasteiger partial charge in [0.1, 0.15) is 11.5 Å². The molecule has 1 amide bonds. The van der Waals surface area contributed by atoms with Crippen LogP contribution in [0.3, 0.4) is 0 Å². The van der Waals surface area contributed by atoms with Crippen molar-refractivity contribution in [2.24, 2.45) is 5.41 Å². The van der Waals surface area contributed by atoms with Crippen LogP contribution in [0, 0.1) is 22.9 Å². The summed E-state index contributed by atoms with van der Waals surface area (Å²) in [7, 11) is 0. The van der Waals surface area contributed by atoms with Gasteiger partial charge in [-0.3, -0.25) is 9.59 Å². The van der Waals surface area contributed by atoms with Gasteiger partial charge in [0.15, 0.2) is 11.6 Å². The van der Waals surface area contributed by atoms with E-state index in [0.29, 0.717) is 31.1 Å². The number of carboxylic acid groups (broad SMARTS) is 1. The lowest BCUT2D eigenvalue weighted by Crippen LogP contribution is -2.37. The topological polar surface area (TPSA) is 75.4 Å². The number of benzene rings is 1. The van der Waals surface area contributed by atoms with Crippen molar-refractivity contribution in [3.8, 4) is 0 Å². The number of carbonyl (C=O) groups excluding carboxylic acids is 1. The molecule has 2 aromatic heterocycles. The monoisotopic (exact) mass is 473 g/mol. The van der Waals surface area contributed by atoms with E-state index in [9.17, 15) is 22.8 Å². The normalized spacial score (nSPS) is 13.9. The fourth-order valence-corrected chi connectivity index (χ4v) is 4.60. The minimum Gasteiger partial charge on any atom is -0.481 e. The number of hydrogen-bond acceptors (Lipinski definition) is 3. The second-order valence-electron chi connectivity index (χ2n) is 9.54. The van der Waals surface area contributed by atoms with Crippen molar-refractivity contribution < 1.29 is 27.9 Å². The van der Waals surface area contributed by atoms with Crippen LogP contribution in [-0.4, -0.2) is 38.0 Å². The molecule has 1 aliphatic rings. The Labute approximate surface area is 195 Å². The van der Waals surface area contributed by atoms with E-state index in [1.807, 2.05) is 19.9 Å². The van der Waals surface area contributed by atoms with Gasteiger partial charge in [-0.25, -0.2) is 18.2 Å². The molecule has 3 heterocycles. The second kappa shape index (κ2) is 9.12. The molecule has 0 aliphatic carbocycles. The summed E-state index contributed by atoms with van der Waals surface area (Å²) in [5, 5.41) is 9.95. The number of pyridine rings is 1. The summed E-state index contributed by atoms with van der Waals surface area (Å²) in [5.41, 5.74) is 1.85. The Hall–Kier alpha value is -3.36. The molecule has 1 N–H and O–H groups in total. The van der Waals surface area contributed by atoms with Crippen molar-refractivity contribution in [2.45, 2.75) is 52.6 Å². The molecule has 0 saturated carbocycles. The van der Waals surface area contributed by atoms with E-state index in [1.54, 1.807) is 21.7 Å². The van der Waals surface area contributed by atoms with Gasteiger partial charge in [0.05, 0.1) is 19.5 Å². The molecular weight excluding hydrogens is 447 g/mol. The zero-order chi connectivity index (χ0) is 24.6. The van der Waals surface area contributed by atoms with E-state index in [-0.39, 0.29) is 37.4 Å².